The molecule has 1 saturated carbocycles. The molecule has 4 rings (SSSR count). The van der Waals surface area contributed by atoms with Gasteiger partial charge >= 0.3 is 0 Å². The van der Waals surface area contributed by atoms with Crippen molar-refractivity contribution in [3.63, 3.8) is 0 Å². The standard InChI is InChI=1S/C17H23N3OS/c1-2-14(1)11-21-12-16-8-19(7-15-4-6-22-13-15)10-17-3-5-18-20(17)9-16/h3-6,13-14,16H,1-2,7-12H2. The minimum atomic E-state index is 0.526. The van der Waals surface area contributed by atoms with E-state index in [0.717, 1.165) is 45.3 Å². The summed E-state index contributed by atoms with van der Waals surface area (Å²) in [5, 5.41) is 8.90. The van der Waals surface area contributed by atoms with E-state index in [4.69, 9.17) is 4.74 Å². The van der Waals surface area contributed by atoms with Gasteiger partial charge in [-0.2, -0.15) is 16.4 Å². The maximum absolute atomic E-state index is 5.96. The van der Waals surface area contributed by atoms with Crippen molar-refractivity contribution in [2.75, 3.05) is 19.8 Å². The van der Waals surface area contributed by atoms with Gasteiger partial charge in [0.25, 0.3) is 0 Å². The molecule has 1 unspecified atom stereocenters. The van der Waals surface area contributed by atoms with Crippen molar-refractivity contribution in [1.29, 1.82) is 0 Å². The quantitative estimate of drug-likeness (QED) is 0.820. The number of hydrogen-bond acceptors (Lipinski definition) is 4. The van der Waals surface area contributed by atoms with Crippen LogP contribution in [0.4, 0.5) is 0 Å². The van der Waals surface area contributed by atoms with E-state index in [0.29, 0.717) is 5.92 Å². The van der Waals surface area contributed by atoms with Crippen LogP contribution in [-0.4, -0.2) is 34.4 Å². The fourth-order valence-electron chi connectivity index (χ4n) is 3.17. The Bertz CT molecular complexity index is 591. The molecule has 2 aromatic heterocycles. The molecule has 1 aliphatic carbocycles. The van der Waals surface area contributed by atoms with E-state index in [-0.39, 0.29) is 0 Å². The first-order valence-electron chi connectivity index (χ1n) is 8.18. The largest absolute Gasteiger partial charge is 0.381 e. The summed E-state index contributed by atoms with van der Waals surface area (Å²) < 4.78 is 8.13. The zero-order chi connectivity index (χ0) is 14.8. The molecule has 0 N–H and O–H groups in total. The molecule has 4 nitrogen and oxygen atoms in total. The zero-order valence-electron chi connectivity index (χ0n) is 12.9. The third-order valence-corrected chi connectivity index (χ3v) is 5.26. The van der Waals surface area contributed by atoms with E-state index >= 15 is 0 Å². The van der Waals surface area contributed by atoms with Gasteiger partial charge in [-0.3, -0.25) is 9.58 Å². The second kappa shape index (κ2) is 6.52. The number of thiophene rings is 1. The lowest BCUT2D eigenvalue weighted by Crippen LogP contribution is -2.30. The highest BCUT2D eigenvalue weighted by Gasteiger charge is 2.25. The monoisotopic (exact) mass is 317 g/mol. The van der Waals surface area contributed by atoms with Crippen molar-refractivity contribution >= 4 is 11.3 Å². The molecular formula is C17H23N3OS. The molecule has 3 heterocycles. The van der Waals surface area contributed by atoms with Gasteiger partial charge in [0.1, 0.15) is 0 Å². The molecule has 2 aliphatic rings. The maximum Gasteiger partial charge on any atom is 0.0524 e. The molecule has 0 spiro atoms. The van der Waals surface area contributed by atoms with Crippen molar-refractivity contribution in [2.24, 2.45) is 11.8 Å². The van der Waals surface area contributed by atoms with Crippen molar-refractivity contribution in [3.8, 4) is 0 Å². The Labute approximate surface area is 135 Å². The molecule has 1 atom stereocenters. The molecule has 0 bridgehead atoms. The lowest BCUT2D eigenvalue weighted by atomic mass is 10.1. The molecule has 0 amide bonds. The predicted octanol–water partition coefficient (Wildman–Crippen LogP) is 3.00. The van der Waals surface area contributed by atoms with E-state index in [2.05, 4.69) is 37.6 Å². The Morgan fingerprint density at radius 2 is 2.09 bits per heavy atom. The van der Waals surface area contributed by atoms with Crippen molar-refractivity contribution < 1.29 is 4.74 Å². The lowest BCUT2D eigenvalue weighted by molar-refractivity contribution is 0.0696. The minimum absolute atomic E-state index is 0.526. The number of aromatic nitrogens is 2. The van der Waals surface area contributed by atoms with Crippen LogP contribution in [0.5, 0.6) is 0 Å². The highest BCUT2D eigenvalue weighted by molar-refractivity contribution is 7.07. The summed E-state index contributed by atoms with van der Waals surface area (Å²) in [6, 6.07) is 4.37. The normalized spacial score (nSPS) is 22.5. The summed E-state index contributed by atoms with van der Waals surface area (Å²) >= 11 is 1.78. The lowest BCUT2D eigenvalue weighted by Gasteiger charge is -2.23. The highest BCUT2D eigenvalue weighted by Crippen LogP contribution is 2.29. The summed E-state index contributed by atoms with van der Waals surface area (Å²) in [5.41, 5.74) is 2.73. The number of hydrogen-bond donors (Lipinski definition) is 0. The third kappa shape index (κ3) is 3.59. The maximum atomic E-state index is 5.96. The van der Waals surface area contributed by atoms with Gasteiger partial charge < -0.3 is 4.74 Å². The van der Waals surface area contributed by atoms with Crippen LogP contribution in [-0.2, 0) is 24.4 Å². The zero-order valence-corrected chi connectivity index (χ0v) is 13.7. The van der Waals surface area contributed by atoms with Crippen LogP contribution in [0.1, 0.15) is 24.1 Å². The topological polar surface area (TPSA) is 30.3 Å². The van der Waals surface area contributed by atoms with Gasteiger partial charge in [0.15, 0.2) is 0 Å². The van der Waals surface area contributed by atoms with Crippen LogP contribution in [0.2, 0.25) is 0 Å². The average molecular weight is 317 g/mol. The van der Waals surface area contributed by atoms with Gasteiger partial charge in [-0.25, -0.2) is 0 Å². The molecule has 1 aliphatic heterocycles. The molecular weight excluding hydrogens is 294 g/mol. The molecule has 118 valence electrons. The van der Waals surface area contributed by atoms with Gasteiger partial charge in [-0.15, -0.1) is 0 Å². The van der Waals surface area contributed by atoms with Gasteiger partial charge in [-0.1, -0.05) is 0 Å². The van der Waals surface area contributed by atoms with E-state index in [1.54, 1.807) is 11.3 Å². The van der Waals surface area contributed by atoms with Gasteiger partial charge in [0.05, 0.1) is 12.3 Å². The SMILES string of the molecule is c1cc2n(n1)CC(COCC1CC1)CN(Cc1ccsc1)C2. The molecule has 1 fully saturated rings. The highest BCUT2D eigenvalue weighted by atomic mass is 32.1. The Morgan fingerprint density at radius 1 is 1.18 bits per heavy atom. The number of rotatable bonds is 6. The summed E-state index contributed by atoms with van der Waals surface area (Å²) in [6.45, 7) is 5.88. The van der Waals surface area contributed by atoms with Crippen LogP contribution >= 0.6 is 11.3 Å². The predicted molar refractivity (Wildman–Crippen MR) is 87.7 cm³/mol. The third-order valence-electron chi connectivity index (χ3n) is 4.53. The van der Waals surface area contributed by atoms with Gasteiger partial charge in [-0.05, 0) is 47.2 Å². The second-order valence-corrected chi connectivity index (χ2v) is 7.43. The van der Waals surface area contributed by atoms with Crippen LogP contribution in [0, 0.1) is 11.8 Å². The van der Waals surface area contributed by atoms with Crippen LogP contribution in [0.3, 0.4) is 0 Å². The van der Waals surface area contributed by atoms with E-state index < -0.39 is 0 Å². The van der Waals surface area contributed by atoms with E-state index in [9.17, 15) is 0 Å². The molecule has 0 radical (unpaired) electrons. The second-order valence-electron chi connectivity index (χ2n) is 6.65. The van der Waals surface area contributed by atoms with Crippen molar-refractivity contribution in [3.05, 3.63) is 40.3 Å². The molecule has 5 heteroatoms. The first-order chi connectivity index (χ1) is 10.9. The smallest absolute Gasteiger partial charge is 0.0524 e. The Morgan fingerprint density at radius 3 is 2.91 bits per heavy atom. The molecule has 2 aromatic rings. The van der Waals surface area contributed by atoms with Crippen molar-refractivity contribution in [1.82, 2.24) is 14.7 Å². The molecule has 0 aromatic carbocycles. The summed E-state index contributed by atoms with van der Waals surface area (Å²) in [7, 11) is 0. The van der Waals surface area contributed by atoms with Crippen LogP contribution in [0.25, 0.3) is 0 Å². The summed E-state index contributed by atoms with van der Waals surface area (Å²) in [6.07, 6.45) is 4.64. The van der Waals surface area contributed by atoms with Gasteiger partial charge in [0, 0.05) is 44.9 Å². The summed E-state index contributed by atoms with van der Waals surface area (Å²) in [4.78, 5) is 2.54. The van der Waals surface area contributed by atoms with Crippen LogP contribution in [0.15, 0.2) is 29.1 Å². The molecule has 22 heavy (non-hydrogen) atoms. The molecule has 0 saturated heterocycles. The number of nitrogens with zero attached hydrogens (tertiary/aromatic N) is 3. The number of ether oxygens (including phenoxy) is 1. The summed E-state index contributed by atoms with van der Waals surface area (Å²) in [5.74, 6) is 1.37. The van der Waals surface area contributed by atoms with Crippen LogP contribution < -0.4 is 0 Å². The van der Waals surface area contributed by atoms with E-state index in [1.807, 2.05) is 6.20 Å². The Balaban J connectivity index is 1.42. The fourth-order valence-corrected chi connectivity index (χ4v) is 3.83. The number of fused-ring (bicyclic) bond motifs is 1. The van der Waals surface area contributed by atoms with E-state index in [1.165, 1.54) is 24.1 Å². The minimum Gasteiger partial charge on any atom is -0.381 e. The van der Waals surface area contributed by atoms with Crippen molar-refractivity contribution in [2.45, 2.75) is 32.5 Å². The fraction of sp³-hybridized carbons (Fsp3) is 0.588. The van der Waals surface area contributed by atoms with Gasteiger partial charge in [0.2, 0.25) is 0 Å². The first kappa shape index (κ1) is 14.4. The first-order valence-corrected chi connectivity index (χ1v) is 9.13. The Hall–Kier alpha value is -1.17. The average Bonchev–Trinajstić information content (AvgIpc) is 3.06. The Kier molecular flexibility index (Phi) is 4.28.